The smallest absolute Gasteiger partial charge is 0.241 e. The van der Waals surface area contributed by atoms with E-state index in [0.29, 0.717) is 11.9 Å². The molecule has 0 spiro atoms. The van der Waals surface area contributed by atoms with Gasteiger partial charge in [-0.2, -0.15) is 23.1 Å². The predicted octanol–water partition coefficient (Wildman–Crippen LogP) is 3.63. The molecule has 2 aliphatic rings. The minimum atomic E-state index is 0.0155. The van der Waals surface area contributed by atoms with Gasteiger partial charge >= 0.3 is 0 Å². The second-order valence-electron chi connectivity index (χ2n) is 5.94. The lowest BCUT2D eigenvalue weighted by molar-refractivity contribution is -0.132. The third-order valence-electron chi connectivity index (χ3n) is 4.42. The van der Waals surface area contributed by atoms with Crippen molar-refractivity contribution in [3.05, 3.63) is 22.4 Å². The largest absolute Gasteiger partial charge is 0.318 e. The second-order valence-corrected chi connectivity index (χ2v) is 7.87. The lowest BCUT2D eigenvalue weighted by Gasteiger charge is -2.34. The number of unbranched alkanes of at least 4 members (excludes halogenated alkanes) is 1. The molecule has 0 radical (unpaired) electrons. The fourth-order valence-corrected chi connectivity index (χ4v) is 5.10. The lowest BCUT2D eigenvalue weighted by atomic mass is 10.1. The van der Waals surface area contributed by atoms with Crippen LogP contribution in [0.2, 0.25) is 0 Å². The highest BCUT2D eigenvalue weighted by molar-refractivity contribution is 7.99. The quantitative estimate of drug-likeness (QED) is 0.897. The normalized spacial score (nSPS) is 30.0. The summed E-state index contributed by atoms with van der Waals surface area (Å²) in [6.45, 7) is 2.19. The molecule has 0 aromatic carbocycles. The van der Waals surface area contributed by atoms with Crippen molar-refractivity contribution in [1.29, 1.82) is 0 Å². The maximum Gasteiger partial charge on any atom is 0.241 e. The van der Waals surface area contributed by atoms with E-state index >= 15 is 0 Å². The summed E-state index contributed by atoms with van der Waals surface area (Å²) in [5.74, 6) is 2.66. The van der Waals surface area contributed by atoms with Crippen LogP contribution < -0.4 is 5.32 Å². The van der Waals surface area contributed by atoms with Crippen molar-refractivity contribution in [2.75, 3.05) is 11.5 Å². The molecule has 21 heavy (non-hydrogen) atoms. The summed E-state index contributed by atoms with van der Waals surface area (Å²) in [4.78, 5) is 15.0. The molecule has 1 amide bonds. The molecular formula is C16H24N2OS2. The molecule has 2 aliphatic heterocycles. The Balaban J connectivity index is 1.79. The standard InChI is InChI=1S/C16H24N2OS2/c1-2-3-6-14-16(19)18(13-5-4-8-20-11-13)15(17-14)12-7-9-21-10-12/h7,9-10,13-15,17H,2-6,8,11H2,1H3. The van der Waals surface area contributed by atoms with E-state index in [0.717, 1.165) is 31.4 Å². The van der Waals surface area contributed by atoms with E-state index in [1.807, 2.05) is 11.8 Å². The molecule has 1 aromatic rings. The molecule has 116 valence electrons. The van der Waals surface area contributed by atoms with E-state index in [-0.39, 0.29) is 12.2 Å². The summed E-state index contributed by atoms with van der Waals surface area (Å²) in [5, 5.41) is 7.88. The van der Waals surface area contributed by atoms with Gasteiger partial charge in [-0.15, -0.1) is 0 Å². The van der Waals surface area contributed by atoms with Crippen LogP contribution in [0.1, 0.15) is 50.8 Å². The molecule has 0 bridgehead atoms. The number of rotatable bonds is 5. The summed E-state index contributed by atoms with van der Waals surface area (Å²) >= 11 is 3.70. The molecule has 3 heterocycles. The molecule has 1 N–H and O–H groups in total. The predicted molar refractivity (Wildman–Crippen MR) is 90.7 cm³/mol. The molecule has 2 saturated heterocycles. The Kier molecular flexibility index (Phi) is 5.24. The Hall–Kier alpha value is -0.520. The minimum absolute atomic E-state index is 0.0155. The average molecular weight is 325 g/mol. The van der Waals surface area contributed by atoms with Gasteiger partial charge < -0.3 is 4.90 Å². The molecule has 5 heteroatoms. The van der Waals surface area contributed by atoms with Crippen LogP contribution in [0.5, 0.6) is 0 Å². The van der Waals surface area contributed by atoms with Gasteiger partial charge in [-0.05, 0) is 47.4 Å². The third kappa shape index (κ3) is 3.30. The number of hydrogen-bond donors (Lipinski definition) is 1. The third-order valence-corrected chi connectivity index (χ3v) is 6.32. The number of hydrogen-bond acceptors (Lipinski definition) is 4. The Morgan fingerprint density at radius 1 is 1.48 bits per heavy atom. The fourth-order valence-electron chi connectivity index (χ4n) is 3.29. The zero-order valence-corrected chi connectivity index (χ0v) is 14.2. The van der Waals surface area contributed by atoms with E-state index in [1.165, 1.54) is 17.7 Å². The summed E-state index contributed by atoms with van der Waals surface area (Å²) in [5.41, 5.74) is 1.25. The van der Waals surface area contributed by atoms with Crippen molar-refractivity contribution in [1.82, 2.24) is 10.2 Å². The van der Waals surface area contributed by atoms with Crippen molar-refractivity contribution >= 4 is 29.0 Å². The summed E-state index contributed by atoms with van der Waals surface area (Å²) < 4.78 is 0. The number of thiophene rings is 1. The topological polar surface area (TPSA) is 32.3 Å². The Bertz CT molecular complexity index is 457. The molecule has 0 saturated carbocycles. The molecule has 3 rings (SSSR count). The van der Waals surface area contributed by atoms with E-state index < -0.39 is 0 Å². The SMILES string of the molecule is CCCCC1NC(c2ccsc2)N(C2CCCSC2)C1=O. The van der Waals surface area contributed by atoms with Crippen LogP contribution in [0.3, 0.4) is 0 Å². The number of carbonyl (C=O) groups is 1. The zero-order chi connectivity index (χ0) is 14.7. The lowest BCUT2D eigenvalue weighted by Crippen LogP contribution is -2.43. The van der Waals surface area contributed by atoms with E-state index in [9.17, 15) is 4.79 Å². The highest BCUT2D eigenvalue weighted by Crippen LogP contribution is 2.34. The first-order valence-corrected chi connectivity index (χ1v) is 10.1. The van der Waals surface area contributed by atoms with Crippen LogP contribution in [0.15, 0.2) is 16.8 Å². The zero-order valence-electron chi connectivity index (χ0n) is 12.6. The maximum absolute atomic E-state index is 12.9. The van der Waals surface area contributed by atoms with Gasteiger partial charge in [-0.1, -0.05) is 19.8 Å². The van der Waals surface area contributed by atoms with Crippen LogP contribution in [-0.2, 0) is 4.79 Å². The van der Waals surface area contributed by atoms with Crippen LogP contribution in [-0.4, -0.2) is 34.4 Å². The Morgan fingerprint density at radius 3 is 3.05 bits per heavy atom. The van der Waals surface area contributed by atoms with Crippen molar-refractivity contribution in [3.63, 3.8) is 0 Å². The second kappa shape index (κ2) is 7.16. The van der Waals surface area contributed by atoms with Gasteiger partial charge in [0.05, 0.1) is 6.04 Å². The van der Waals surface area contributed by atoms with Gasteiger partial charge in [0, 0.05) is 11.8 Å². The first-order valence-electron chi connectivity index (χ1n) is 7.99. The van der Waals surface area contributed by atoms with Gasteiger partial charge in [-0.25, -0.2) is 0 Å². The number of carbonyl (C=O) groups excluding carboxylic acids is 1. The number of thioether (sulfide) groups is 1. The summed E-state index contributed by atoms with van der Waals surface area (Å²) in [7, 11) is 0. The summed E-state index contributed by atoms with van der Waals surface area (Å²) in [6, 6.07) is 2.57. The van der Waals surface area contributed by atoms with Gasteiger partial charge in [-0.3, -0.25) is 10.1 Å². The first-order chi connectivity index (χ1) is 10.3. The van der Waals surface area contributed by atoms with Crippen molar-refractivity contribution in [2.24, 2.45) is 0 Å². The molecule has 3 unspecified atom stereocenters. The van der Waals surface area contributed by atoms with E-state index in [1.54, 1.807) is 11.3 Å². The molecular weight excluding hydrogens is 300 g/mol. The minimum Gasteiger partial charge on any atom is -0.318 e. The van der Waals surface area contributed by atoms with Crippen LogP contribution in [0.4, 0.5) is 0 Å². The molecule has 1 aromatic heterocycles. The van der Waals surface area contributed by atoms with E-state index in [2.05, 4.69) is 34.0 Å². The monoisotopic (exact) mass is 324 g/mol. The van der Waals surface area contributed by atoms with Gasteiger partial charge in [0.25, 0.3) is 0 Å². The molecule has 2 fully saturated rings. The van der Waals surface area contributed by atoms with Crippen LogP contribution >= 0.6 is 23.1 Å². The van der Waals surface area contributed by atoms with Crippen molar-refractivity contribution in [3.8, 4) is 0 Å². The fraction of sp³-hybridized carbons (Fsp3) is 0.688. The number of amides is 1. The highest BCUT2D eigenvalue weighted by atomic mass is 32.2. The van der Waals surface area contributed by atoms with Crippen LogP contribution in [0, 0.1) is 0 Å². The van der Waals surface area contributed by atoms with Gasteiger partial charge in [0.15, 0.2) is 0 Å². The highest BCUT2D eigenvalue weighted by Gasteiger charge is 2.43. The van der Waals surface area contributed by atoms with Crippen molar-refractivity contribution < 1.29 is 4.79 Å². The number of nitrogens with one attached hydrogen (secondary N) is 1. The Morgan fingerprint density at radius 2 is 2.38 bits per heavy atom. The first kappa shape index (κ1) is 15.4. The summed E-state index contributed by atoms with van der Waals surface area (Å²) in [6.07, 6.45) is 5.71. The maximum atomic E-state index is 12.9. The number of nitrogens with zero attached hydrogens (tertiary/aromatic N) is 1. The average Bonchev–Trinajstić information content (AvgIpc) is 3.14. The van der Waals surface area contributed by atoms with Gasteiger partial charge in [0.1, 0.15) is 6.17 Å². The van der Waals surface area contributed by atoms with Crippen LogP contribution in [0.25, 0.3) is 0 Å². The Labute approximate surface area is 135 Å². The van der Waals surface area contributed by atoms with E-state index in [4.69, 9.17) is 0 Å². The molecule has 3 nitrogen and oxygen atoms in total. The molecule has 3 atom stereocenters. The molecule has 0 aliphatic carbocycles. The van der Waals surface area contributed by atoms with Crippen molar-refractivity contribution in [2.45, 2.75) is 57.3 Å². The van der Waals surface area contributed by atoms with Gasteiger partial charge in [0.2, 0.25) is 5.91 Å².